The van der Waals surface area contributed by atoms with Crippen LogP contribution in [0.15, 0.2) is 30.3 Å². The number of rotatable bonds is 6. The summed E-state index contributed by atoms with van der Waals surface area (Å²) in [4.78, 5) is 11.8. The van der Waals surface area contributed by atoms with Gasteiger partial charge in [0.2, 0.25) is 11.0 Å². The number of nitrogens with zero attached hydrogens (tertiary/aromatic N) is 2. The molecule has 0 unspecified atom stereocenters. The smallest absolute Gasteiger partial charge is 0.250 e. The summed E-state index contributed by atoms with van der Waals surface area (Å²) in [5, 5.41) is 12.0. The second-order valence-electron chi connectivity index (χ2n) is 4.18. The molecule has 0 aliphatic rings. The maximum Gasteiger partial charge on any atom is 0.250 e. The molecule has 1 amide bonds. The first-order chi connectivity index (χ1) is 10.2. The van der Waals surface area contributed by atoms with Crippen LogP contribution in [0.1, 0.15) is 24.4 Å². The lowest BCUT2D eigenvalue weighted by Gasteiger charge is -2.02. The van der Waals surface area contributed by atoms with Crippen molar-refractivity contribution in [1.82, 2.24) is 10.2 Å². The van der Waals surface area contributed by atoms with Crippen molar-refractivity contribution < 1.29 is 9.53 Å². The number of amides is 1. The third kappa shape index (κ3) is 4.68. The quantitative estimate of drug-likeness (QED) is 0.833. The van der Waals surface area contributed by atoms with Gasteiger partial charge in [0.25, 0.3) is 0 Å². The van der Waals surface area contributed by atoms with Gasteiger partial charge in [0.15, 0.2) is 0 Å². The van der Waals surface area contributed by atoms with Crippen molar-refractivity contribution in [3.63, 3.8) is 0 Å². The number of anilines is 1. The lowest BCUT2D eigenvalue weighted by molar-refractivity contribution is -0.111. The highest BCUT2D eigenvalue weighted by Gasteiger charge is 2.04. The molecule has 21 heavy (non-hydrogen) atoms. The van der Waals surface area contributed by atoms with Crippen molar-refractivity contribution in [3.05, 3.63) is 40.9 Å². The molecule has 6 heteroatoms. The van der Waals surface area contributed by atoms with Gasteiger partial charge in [-0.15, -0.1) is 10.2 Å². The summed E-state index contributed by atoms with van der Waals surface area (Å²) < 4.78 is 5.36. The molecule has 1 N–H and O–H groups in total. The predicted octanol–water partition coefficient (Wildman–Crippen LogP) is 3.15. The van der Waals surface area contributed by atoms with Crippen molar-refractivity contribution in [1.29, 1.82) is 0 Å². The molecule has 0 fully saturated rings. The molecule has 1 heterocycles. The van der Waals surface area contributed by atoms with E-state index in [4.69, 9.17) is 4.74 Å². The van der Waals surface area contributed by atoms with Gasteiger partial charge in [0, 0.05) is 6.08 Å². The Labute approximate surface area is 127 Å². The summed E-state index contributed by atoms with van der Waals surface area (Å²) >= 11 is 1.39. The van der Waals surface area contributed by atoms with Crippen molar-refractivity contribution >= 4 is 28.5 Å². The SMILES string of the molecule is CCOc1ccc(/C=C/C(=O)Nc2nnc(CC)s2)cc1. The van der Waals surface area contributed by atoms with Crippen molar-refractivity contribution in [3.8, 4) is 5.75 Å². The summed E-state index contributed by atoms with van der Waals surface area (Å²) in [6.07, 6.45) is 4.03. The molecule has 2 rings (SSSR count). The number of hydrogen-bond donors (Lipinski definition) is 1. The molecule has 0 bridgehead atoms. The van der Waals surface area contributed by atoms with Crippen LogP contribution in [0, 0.1) is 0 Å². The minimum Gasteiger partial charge on any atom is -0.494 e. The molecular weight excluding hydrogens is 286 g/mol. The van der Waals surface area contributed by atoms with E-state index in [9.17, 15) is 4.79 Å². The highest BCUT2D eigenvalue weighted by atomic mass is 32.1. The molecule has 1 aromatic carbocycles. The lowest BCUT2D eigenvalue weighted by atomic mass is 10.2. The molecule has 2 aromatic rings. The highest BCUT2D eigenvalue weighted by molar-refractivity contribution is 7.15. The molecule has 110 valence electrons. The number of ether oxygens (including phenoxy) is 1. The first-order valence-corrected chi connectivity index (χ1v) is 7.57. The first-order valence-electron chi connectivity index (χ1n) is 6.75. The minimum atomic E-state index is -0.220. The van der Waals surface area contributed by atoms with Gasteiger partial charge in [0.05, 0.1) is 6.61 Å². The van der Waals surface area contributed by atoms with E-state index in [1.54, 1.807) is 6.08 Å². The van der Waals surface area contributed by atoms with Crippen LogP contribution in [0.3, 0.4) is 0 Å². The van der Waals surface area contributed by atoms with E-state index in [1.165, 1.54) is 17.4 Å². The number of carbonyl (C=O) groups excluding carboxylic acids is 1. The van der Waals surface area contributed by atoms with E-state index in [2.05, 4.69) is 15.5 Å². The first kappa shape index (κ1) is 15.2. The van der Waals surface area contributed by atoms with Gasteiger partial charge in [-0.2, -0.15) is 0 Å². The number of nitrogens with one attached hydrogen (secondary N) is 1. The Bertz CT molecular complexity index is 620. The van der Waals surface area contributed by atoms with Crippen LogP contribution in [0.4, 0.5) is 5.13 Å². The van der Waals surface area contributed by atoms with Gasteiger partial charge in [-0.3, -0.25) is 10.1 Å². The topological polar surface area (TPSA) is 64.1 Å². The summed E-state index contributed by atoms with van der Waals surface area (Å²) in [6, 6.07) is 7.54. The van der Waals surface area contributed by atoms with E-state index in [-0.39, 0.29) is 5.91 Å². The van der Waals surface area contributed by atoms with E-state index in [0.29, 0.717) is 11.7 Å². The summed E-state index contributed by atoms with van der Waals surface area (Å²) in [5.41, 5.74) is 0.931. The second kappa shape index (κ2) is 7.54. The molecule has 0 aliphatic heterocycles. The van der Waals surface area contributed by atoms with Gasteiger partial charge in [0.1, 0.15) is 10.8 Å². The van der Waals surface area contributed by atoms with Crippen LogP contribution in [-0.4, -0.2) is 22.7 Å². The predicted molar refractivity (Wildman–Crippen MR) is 84.6 cm³/mol. The second-order valence-corrected chi connectivity index (χ2v) is 5.24. The Kier molecular flexibility index (Phi) is 5.45. The molecule has 0 aliphatic carbocycles. The van der Waals surface area contributed by atoms with E-state index >= 15 is 0 Å². The fourth-order valence-corrected chi connectivity index (χ4v) is 2.29. The molecule has 0 saturated carbocycles. The van der Waals surface area contributed by atoms with Gasteiger partial charge in [-0.1, -0.05) is 30.4 Å². The zero-order chi connectivity index (χ0) is 15.1. The summed E-state index contributed by atoms with van der Waals surface area (Å²) in [5.74, 6) is 0.600. The van der Waals surface area contributed by atoms with Gasteiger partial charge in [-0.05, 0) is 37.1 Å². The zero-order valence-corrected chi connectivity index (χ0v) is 12.8. The van der Waals surface area contributed by atoms with E-state index < -0.39 is 0 Å². The Morgan fingerprint density at radius 1 is 1.29 bits per heavy atom. The molecule has 5 nitrogen and oxygen atoms in total. The number of aryl methyl sites for hydroxylation is 1. The Morgan fingerprint density at radius 3 is 2.67 bits per heavy atom. The van der Waals surface area contributed by atoms with Crippen LogP contribution in [0.5, 0.6) is 5.75 Å². The average Bonchev–Trinajstić information content (AvgIpc) is 2.94. The molecule has 0 atom stereocenters. The molecule has 1 aromatic heterocycles. The zero-order valence-electron chi connectivity index (χ0n) is 12.0. The highest BCUT2D eigenvalue weighted by Crippen LogP contribution is 2.16. The third-order valence-electron chi connectivity index (χ3n) is 2.62. The Balaban J connectivity index is 1.91. The standard InChI is InChI=1S/C15H17N3O2S/c1-3-14-17-18-15(21-14)16-13(19)10-7-11-5-8-12(9-6-11)20-4-2/h5-10H,3-4H2,1-2H3,(H,16,18,19)/b10-7+. The summed E-state index contributed by atoms with van der Waals surface area (Å²) in [6.45, 7) is 4.58. The monoisotopic (exact) mass is 303 g/mol. The van der Waals surface area contributed by atoms with Crippen LogP contribution in [-0.2, 0) is 11.2 Å². The lowest BCUT2D eigenvalue weighted by Crippen LogP contribution is -2.07. The van der Waals surface area contributed by atoms with E-state index in [1.807, 2.05) is 38.1 Å². The fourth-order valence-electron chi connectivity index (χ4n) is 1.61. The maximum absolute atomic E-state index is 11.8. The van der Waals surface area contributed by atoms with Gasteiger partial charge >= 0.3 is 0 Å². The molecule has 0 spiro atoms. The van der Waals surface area contributed by atoms with Gasteiger partial charge in [-0.25, -0.2) is 0 Å². The van der Waals surface area contributed by atoms with Crippen LogP contribution in [0.2, 0.25) is 0 Å². The maximum atomic E-state index is 11.8. The van der Waals surface area contributed by atoms with E-state index in [0.717, 1.165) is 22.7 Å². The number of hydrogen-bond acceptors (Lipinski definition) is 5. The normalized spacial score (nSPS) is 10.8. The molecule has 0 saturated heterocycles. The Morgan fingerprint density at radius 2 is 2.05 bits per heavy atom. The average molecular weight is 303 g/mol. The number of aromatic nitrogens is 2. The van der Waals surface area contributed by atoms with Crippen molar-refractivity contribution in [2.45, 2.75) is 20.3 Å². The number of carbonyl (C=O) groups is 1. The molecule has 0 radical (unpaired) electrons. The summed E-state index contributed by atoms with van der Waals surface area (Å²) in [7, 11) is 0. The van der Waals surface area contributed by atoms with Crippen LogP contribution in [0.25, 0.3) is 6.08 Å². The van der Waals surface area contributed by atoms with Crippen molar-refractivity contribution in [2.75, 3.05) is 11.9 Å². The largest absolute Gasteiger partial charge is 0.494 e. The molecular formula is C15H17N3O2S. The fraction of sp³-hybridized carbons (Fsp3) is 0.267. The van der Waals surface area contributed by atoms with Crippen LogP contribution < -0.4 is 10.1 Å². The number of benzene rings is 1. The van der Waals surface area contributed by atoms with Gasteiger partial charge < -0.3 is 4.74 Å². The minimum absolute atomic E-state index is 0.220. The Hall–Kier alpha value is -2.21. The third-order valence-corrected chi connectivity index (χ3v) is 3.60. The van der Waals surface area contributed by atoms with Crippen LogP contribution >= 0.6 is 11.3 Å². The van der Waals surface area contributed by atoms with Crippen molar-refractivity contribution in [2.24, 2.45) is 0 Å².